The lowest BCUT2D eigenvalue weighted by atomic mass is 10.1. The lowest BCUT2D eigenvalue weighted by molar-refractivity contribution is 0.103. The molecule has 2 nitrogen and oxygen atoms in total. The summed E-state index contributed by atoms with van der Waals surface area (Å²) in [7, 11) is 0. The van der Waals surface area contributed by atoms with Gasteiger partial charge in [-0.2, -0.15) is 0 Å². The van der Waals surface area contributed by atoms with Gasteiger partial charge in [0.2, 0.25) is 5.78 Å². The summed E-state index contributed by atoms with van der Waals surface area (Å²) >= 11 is 1.66. The van der Waals surface area contributed by atoms with Crippen molar-refractivity contribution in [1.82, 2.24) is 4.98 Å². The highest BCUT2D eigenvalue weighted by Gasteiger charge is 2.08. The molecule has 0 aliphatic rings. The molecule has 1 aromatic carbocycles. The first-order chi connectivity index (χ1) is 7.81. The van der Waals surface area contributed by atoms with Gasteiger partial charge in [0.1, 0.15) is 5.69 Å². The average Bonchev–Trinajstić information content (AvgIpc) is 2.39. The summed E-state index contributed by atoms with van der Waals surface area (Å²) in [6, 6.07) is 12.9. The van der Waals surface area contributed by atoms with Crippen molar-refractivity contribution in [3.63, 3.8) is 0 Å². The zero-order chi connectivity index (χ0) is 11.4. The standard InChI is InChI=1S/C13H11NOS/c1-16-11-7-5-10(6-8-11)13(15)12-4-2-3-9-14-12/h2-9H,1H3. The van der Waals surface area contributed by atoms with Crippen LogP contribution in [0.4, 0.5) is 0 Å². The van der Waals surface area contributed by atoms with E-state index in [4.69, 9.17) is 0 Å². The minimum atomic E-state index is -0.0340. The van der Waals surface area contributed by atoms with Gasteiger partial charge < -0.3 is 0 Å². The fraction of sp³-hybridized carbons (Fsp3) is 0.0769. The Bertz CT molecular complexity index is 479. The van der Waals surface area contributed by atoms with Crippen LogP contribution >= 0.6 is 11.8 Å². The van der Waals surface area contributed by atoms with Crippen LogP contribution in [-0.4, -0.2) is 17.0 Å². The maximum atomic E-state index is 12.0. The molecule has 0 N–H and O–H groups in total. The Kier molecular flexibility index (Phi) is 3.37. The zero-order valence-electron chi connectivity index (χ0n) is 8.88. The molecule has 3 heteroatoms. The van der Waals surface area contributed by atoms with Crippen LogP contribution in [0.2, 0.25) is 0 Å². The summed E-state index contributed by atoms with van der Waals surface area (Å²) in [5.41, 5.74) is 1.16. The number of hydrogen-bond acceptors (Lipinski definition) is 3. The summed E-state index contributed by atoms with van der Waals surface area (Å²) in [6.07, 6.45) is 3.64. The molecule has 0 unspecified atom stereocenters. The largest absolute Gasteiger partial charge is 0.287 e. The average molecular weight is 229 g/mol. The predicted octanol–water partition coefficient (Wildman–Crippen LogP) is 3.03. The Balaban J connectivity index is 2.28. The number of aromatic nitrogens is 1. The predicted molar refractivity (Wildman–Crippen MR) is 65.9 cm³/mol. The summed E-state index contributed by atoms with van der Waals surface area (Å²) in [5, 5.41) is 0. The van der Waals surface area contributed by atoms with Gasteiger partial charge in [-0.1, -0.05) is 6.07 Å². The van der Waals surface area contributed by atoms with E-state index in [0.29, 0.717) is 11.3 Å². The lowest BCUT2D eigenvalue weighted by Crippen LogP contribution is -2.02. The van der Waals surface area contributed by atoms with E-state index >= 15 is 0 Å². The van der Waals surface area contributed by atoms with Crippen molar-refractivity contribution in [2.24, 2.45) is 0 Å². The minimum Gasteiger partial charge on any atom is -0.287 e. The van der Waals surface area contributed by atoms with Crippen LogP contribution in [0.1, 0.15) is 16.1 Å². The first-order valence-corrected chi connectivity index (χ1v) is 6.13. The highest BCUT2D eigenvalue weighted by molar-refractivity contribution is 7.98. The maximum Gasteiger partial charge on any atom is 0.211 e. The number of carbonyl (C=O) groups is 1. The molecular formula is C13H11NOS. The van der Waals surface area contributed by atoms with E-state index in [1.807, 2.05) is 36.6 Å². The molecule has 0 radical (unpaired) electrons. The maximum absolute atomic E-state index is 12.0. The molecule has 80 valence electrons. The fourth-order valence-electron chi connectivity index (χ4n) is 1.39. The monoisotopic (exact) mass is 229 g/mol. The molecule has 0 aliphatic carbocycles. The Hall–Kier alpha value is -1.61. The topological polar surface area (TPSA) is 30.0 Å². The number of rotatable bonds is 3. The molecule has 2 rings (SSSR count). The first kappa shape index (κ1) is 10.9. The van der Waals surface area contributed by atoms with Crippen molar-refractivity contribution in [2.75, 3.05) is 6.26 Å². The van der Waals surface area contributed by atoms with Crippen LogP contribution in [0.25, 0.3) is 0 Å². The van der Waals surface area contributed by atoms with Gasteiger partial charge in [0, 0.05) is 16.7 Å². The smallest absolute Gasteiger partial charge is 0.211 e. The molecule has 0 atom stereocenters. The third kappa shape index (κ3) is 2.31. The van der Waals surface area contributed by atoms with Gasteiger partial charge in [-0.05, 0) is 42.7 Å². The third-order valence-electron chi connectivity index (χ3n) is 2.25. The summed E-state index contributed by atoms with van der Waals surface area (Å²) in [5.74, 6) is -0.0340. The van der Waals surface area contributed by atoms with Crippen molar-refractivity contribution < 1.29 is 4.79 Å². The number of nitrogens with zero attached hydrogens (tertiary/aromatic N) is 1. The van der Waals surface area contributed by atoms with E-state index in [1.54, 1.807) is 30.1 Å². The van der Waals surface area contributed by atoms with Crippen molar-refractivity contribution in [3.05, 3.63) is 59.9 Å². The number of pyridine rings is 1. The highest BCUT2D eigenvalue weighted by Crippen LogP contribution is 2.16. The van der Waals surface area contributed by atoms with Crippen molar-refractivity contribution in [1.29, 1.82) is 0 Å². The van der Waals surface area contributed by atoms with Gasteiger partial charge in [0.05, 0.1) is 0 Å². The highest BCUT2D eigenvalue weighted by atomic mass is 32.2. The van der Waals surface area contributed by atoms with E-state index in [0.717, 1.165) is 4.90 Å². The normalized spacial score (nSPS) is 10.1. The number of hydrogen-bond donors (Lipinski definition) is 0. The molecule has 16 heavy (non-hydrogen) atoms. The van der Waals surface area contributed by atoms with Crippen molar-refractivity contribution in [2.45, 2.75) is 4.90 Å². The molecule has 0 saturated heterocycles. The van der Waals surface area contributed by atoms with E-state index in [2.05, 4.69) is 4.98 Å². The molecule has 1 aromatic heterocycles. The fourth-order valence-corrected chi connectivity index (χ4v) is 1.80. The number of thioether (sulfide) groups is 1. The zero-order valence-corrected chi connectivity index (χ0v) is 9.70. The van der Waals surface area contributed by atoms with Gasteiger partial charge in [0.15, 0.2) is 0 Å². The third-order valence-corrected chi connectivity index (χ3v) is 2.99. The molecule has 0 spiro atoms. The van der Waals surface area contributed by atoms with Gasteiger partial charge in [0.25, 0.3) is 0 Å². The number of ketones is 1. The van der Waals surface area contributed by atoms with Crippen molar-refractivity contribution >= 4 is 17.5 Å². The van der Waals surface area contributed by atoms with Gasteiger partial charge >= 0.3 is 0 Å². The molecule has 0 aliphatic heterocycles. The van der Waals surface area contributed by atoms with Crippen LogP contribution < -0.4 is 0 Å². The lowest BCUT2D eigenvalue weighted by Gasteiger charge is -2.01. The minimum absolute atomic E-state index is 0.0340. The second-order valence-electron chi connectivity index (χ2n) is 3.27. The summed E-state index contributed by atoms with van der Waals surface area (Å²) in [4.78, 5) is 17.2. The van der Waals surface area contributed by atoms with E-state index in [9.17, 15) is 4.79 Å². The first-order valence-electron chi connectivity index (χ1n) is 4.91. The Labute approximate surface area is 98.7 Å². The van der Waals surface area contributed by atoms with Crippen molar-refractivity contribution in [3.8, 4) is 0 Å². The Morgan fingerprint density at radius 1 is 1.12 bits per heavy atom. The van der Waals surface area contributed by atoms with E-state index in [-0.39, 0.29) is 5.78 Å². The molecule has 0 bridgehead atoms. The second-order valence-corrected chi connectivity index (χ2v) is 4.15. The molecule has 2 aromatic rings. The van der Waals surface area contributed by atoms with Gasteiger partial charge in [-0.15, -0.1) is 11.8 Å². The van der Waals surface area contributed by atoms with Crippen LogP contribution in [0.3, 0.4) is 0 Å². The van der Waals surface area contributed by atoms with E-state index < -0.39 is 0 Å². The van der Waals surface area contributed by atoms with Crippen LogP contribution in [0, 0.1) is 0 Å². The number of carbonyl (C=O) groups excluding carboxylic acids is 1. The SMILES string of the molecule is CSc1ccc(C(=O)c2ccccn2)cc1. The van der Waals surface area contributed by atoms with Crippen LogP contribution in [-0.2, 0) is 0 Å². The van der Waals surface area contributed by atoms with E-state index in [1.165, 1.54) is 0 Å². The Morgan fingerprint density at radius 2 is 1.88 bits per heavy atom. The molecule has 0 saturated carbocycles. The van der Waals surface area contributed by atoms with Crippen LogP contribution in [0.5, 0.6) is 0 Å². The molecular weight excluding hydrogens is 218 g/mol. The Morgan fingerprint density at radius 3 is 2.44 bits per heavy atom. The number of benzene rings is 1. The second kappa shape index (κ2) is 4.94. The van der Waals surface area contributed by atoms with Gasteiger partial charge in [-0.3, -0.25) is 9.78 Å². The molecule has 1 heterocycles. The molecule has 0 amide bonds. The summed E-state index contributed by atoms with van der Waals surface area (Å²) < 4.78 is 0. The summed E-state index contributed by atoms with van der Waals surface area (Å²) in [6.45, 7) is 0. The van der Waals surface area contributed by atoms with Gasteiger partial charge in [-0.25, -0.2) is 0 Å². The quantitative estimate of drug-likeness (QED) is 0.598. The molecule has 0 fully saturated rings. The van der Waals surface area contributed by atoms with Crippen LogP contribution in [0.15, 0.2) is 53.6 Å².